The molecule has 0 unspecified atom stereocenters. The number of benzene rings is 1. The zero-order valence-electron chi connectivity index (χ0n) is 14.0. The van der Waals surface area contributed by atoms with Gasteiger partial charge >= 0.3 is 0 Å². The van der Waals surface area contributed by atoms with Gasteiger partial charge in [-0.05, 0) is 31.0 Å². The van der Waals surface area contributed by atoms with E-state index in [4.69, 9.17) is 9.26 Å². The highest BCUT2D eigenvalue weighted by Gasteiger charge is 2.30. The van der Waals surface area contributed by atoms with Crippen LogP contribution in [-0.2, 0) is 0 Å². The molecule has 0 atom stereocenters. The lowest BCUT2D eigenvalue weighted by Gasteiger charge is -2.17. The summed E-state index contributed by atoms with van der Waals surface area (Å²) in [7, 11) is 4.99. The molecule has 0 N–H and O–H groups in total. The molecule has 6 nitrogen and oxygen atoms in total. The van der Waals surface area contributed by atoms with Crippen LogP contribution in [0.25, 0.3) is 11.3 Å². The Bertz CT molecular complexity index is 752. The van der Waals surface area contributed by atoms with Gasteiger partial charge in [-0.15, -0.1) is 0 Å². The second kappa shape index (κ2) is 6.51. The fourth-order valence-electron chi connectivity index (χ4n) is 2.86. The van der Waals surface area contributed by atoms with E-state index in [2.05, 4.69) is 5.16 Å². The van der Waals surface area contributed by atoms with Crippen molar-refractivity contribution in [3.63, 3.8) is 0 Å². The van der Waals surface area contributed by atoms with Crippen molar-refractivity contribution in [2.45, 2.75) is 12.8 Å². The van der Waals surface area contributed by atoms with E-state index in [1.807, 2.05) is 0 Å². The topological polar surface area (TPSA) is 58.8 Å². The van der Waals surface area contributed by atoms with Crippen molar-refractivity contribution in [1.82, 2.24) is 10.1 Å². The van der Waals surface area contributed by atoms with Crippen molar-refractivity contribution in [3.8, 4) is 17.1 Å². The Balaban J connectivity index is 2.09. The van der Waals surface area contributed by atoms with Crippen molar-refractivity contribution in [3.05, 3.63) is 29.6 Å². The molecule has 1 fully saturated rings. The standard InChI is InChI=1S/C17H20FN3O3/c1-20(2)16-14(17(22)21-8-4-5-9-21)15(24-19-16)11-6-7-12(18)13(10-11)23-3/h6-7,10H,4-5,8-9H2,1-3H3. The number of nitrogens with zero attached hydrogens (tertiary/aromatic N) is 3. The maximum absolute atomic E-state index is 13.7. The van der Waals surface area contributed by atoms with Gasteiger partial charge in [-0.3, -0.25) is 4.79 Å². The number of carbonyl (C=O) groups is 1. The van der Waals surface area contributed by atoms with E-state index in [-0.39, 0.29) is 11.7 Å². The van der Waals surface area contributed by atoms with E-state index in [9.17, 15) is 9.18 Å². The predicted molar refractivity (Wildman–Crippen MR) is 87.9 cm³/mol. The third kappa shape index (κ3) is 2.81. The Hall–Kier alpha value is -2.57. The van der Waals surface area contributed by atoms with Crippen LogP contribution in [0.5, 0.6) is 5.75 Å². The number of carbonyl (C=O) groups excluding carboxylic acids is 1. The summed E-state index contributed by atoms with van der Waals surface area (Å²) >= 11 is 0. The fourth-order valence-corrected chi connectivity index (χ4v) is 2.86. The first kappa shape index (κ1) is 16.3. The van der Waals surface area contributed by atoms with Crippen LogP contribution in [0.3, 0.4) is 0 Å². The number of halogens is 1. The van der Waals surface area contributed by atoms with Gasteiger partial charge in [0.1, 0.15) is 5.56 Å². The highest BCUT2D eigenvalue weighted by molar-refractivity contribution is 6.04. The second-order valence-electron chi connectivity index (χ2n) is 5.95. The van der Waals surface area contributed by atoms with Crippen molar-refractivity contribution in [1.29, 1.82) is 0 Å². The number of aromatic nitrogens is 1. The number of anilines is 1. The van der Waals surface area contributed by atoms with Gasteiger partial charge in [-0.1, -0.05) is 5.16 Å². The molecule has 0 saturated carbocycles. The Morgan fingerprint density at radius 2 is 2.04 bits per heavy atom. The molecule has 0 radical (unpaired) electrons. The minimum Gasteiger partial charge on any atom is -0.494 e. The van der Waals surface area contributed by atoms with Gasteiger partial charge in [0.15, 0.2) is 23.1 Å². The first-order valence-corrected chi connectivity index (χ1v) is 7.83. The zero-order chi connectivity index (χ0) is 17.3. The number of hydrogen-bond acceptors (Lipinski definition) is 5. The van der Waals surface area contributed by atoms with Gasteiger partial charge in [0.2, 0.25) is 0 Å². The number of methoxy groups -OCH3 is 1. The van der Waals surface area contributed by atoms with Crippen LogP contribution in [0.15, 0.2) is 22.7 Å². The maximum atomic E-state index is 13.7. The molecule has 2 heterocycles. The largest absolute Gasteiger partial charge is 0.494 e. The van der Waals surface area contributed by atoms with E-state index in [1.165, 1.54) is 19.2 Å². The molecule has 0 spiro atoms. The van der Waals surface area contributed by atoms with E-state index in [0.29, 0.717) is 22.7 Å². The summed E-state index contributed by atoms with van der Waals surface area (Å²) in [5, 5.41) is 4.03. The second-order valence-corrected chi connectivity index (χ2v) is 5.95. The molecular weight excluding hydrogens is 313 g/mol. The van der Waals surface area contributed by atoms with Gasteiger partial charge in [0.05, 0.1) is 7.11 Å². The number of rotatable bonds is 4. The average molecular weight is 333 g/mol. The lowest BCUT2D eigenvalue weighted by Crippen LogP contribution is -2.29. The normalized spacial score (nSPS) is 14.1. The maximum Gasteiger partial charge on any atom is 0.261 e. The van der Waals surface area contributed by atoms with Gasteiger partial charge in [-0.25, -0.2) is 4.39 Å². The first-order valence-electron chi connectivity index (χ1n) is 7.83. The Labute approximate surface area is 139 Å². The number of hydrogen-bond donors (Lipinski definition) is 0. The Kier molecular flexibility index (Phi) is 4.42. The Morgan fingerprint density at radius 3 is 2.67 bits per heavy atom. The molecule has 1 saturated heterocycles. The molecular formula is C17H20FN3O3. The molecule has 1 aromatic carbocycles. The molecule has 1 aliphatic heterocycles. The minimum atomic E-state index is -0.471. The molecule has 1 aromatic heterocycles. The van der Waals surface area contributed by atoms with Crippen LogP contribution in [0.4, 0.5) is 10.2 Å². The third-order valence-electron chi connectivity index (χ3n) is 4.12. The number of amides is 1. The van der Waals surface area contributed by atoms with E-state index in [1.54, 1.807) is 30.0 Å². The highest BCUT2D eigenvalue weighted by Crippen LogP contribution is 2.34. The van der Waals surface area contributed by atoms with Crippen molar-refractivity contribution in [2.24, 2.45) is 0 Å². The average Bonchev–Trinajstić information content (AvgIpc) is 3.24. The number of likely N-dealkylation sites (tertiary alicyclic amines) is 1. The summed E-state index contributed by atoms with van der Waals surface area (Å²) < 4.78 is 24.1. The molecule has 0 bridgehead atoms. The van der Waals surface area contributed by atoms with Crippen LogP contribution >= 0.6 is 0 Å². The summed E-state index contributed by atoms with van der Waals surface area (Å²) in [6.07, 6.45) is 1.99. The van der Waals surface area contributed by atoms with Crippen LogP contribution in [0.1, 0.15) is 23.2 Å². The lowest BCUT2D eigenvalue weighted by atomic mass is 10.1. The SMILES string of the molecule is COc1cc(-c2onc(N(C)C)c2C(=O)N2CCCC2)ccc1F. The zero-order valence-corrected chi connectivity index (χ0v) is 14.0. The Morgan fingerprint density at radius 1 is 1.33 bits per heavy atom. The molecule has 3 rings (SSSR count). The van der Waals surface area contributed by atoms with Crippen LogP contribution in [0, 0.1) is 5.82 Å². The van der Waals surface area contributed by atoms with Gasteiger partial charge < -0.3 is 19.1 Å². The summed E-state index contributed by atoms with van der Waals surface area (Å²) in [5.41, 5.74) is 0.951. The van der Waals surface area contributed by atoms with Gasteiger partial charge in [-0.2, -0.15) is 0 Å². The molecule has 24 heavy (non-hydrogen) atoms. The minimum absolute atomic E-state index is 0.0925. The van der Waals surface area contributed by atoms with Gasteiger partial charge in [0.25, 0.3) is 5.91 Å². The van der Waals surface area contributed by atoms with E-state index < -0.39 is 5.82 Å². The molecule has 2 aromatic rings. The first-order chi connectivity index (χ1) is 11.5. The monoisotopic (exact) mass is 333 g/mol. The summed E-state index contributed by atoms with van der Waals surface area (Å²) in [6, 6.07) is 4.35. The van der Waals surface area contributed by atoms with Gasteiger partial charge in [0, 0.05) is 32.7 Å². The summed E-state index contributed by atoms with van der Waals surface area (Å²) in [5.74, 6) is 0.297. The molecule has 7 heteroatoms. The van der Waals surface area contributed by atoms with Crippen molar-refractivity contribution >= 4 is 11.7 Å². The molecule has 1 aliphatic rings. The summed E-state index contributed by atoms with van der Waals surface area (Å²) in [4.78, 5) is 16.5. The van der Waals surface area contributed by atoms with Crippen molar-refractivity contribution in [2.75, 3.05) is 39.2 Å². The van der Waals surface area contributed by atoms with Crippen molar-refractivity contribution < 1.29 is 18.4 Å². The van der Waals surface area contributed by atoms with Crippen LogP contribution in [0.2, 0.25) is 0 Å². The highest BCUT2D eigenvalue weighted by atomic mass is 19.1. The lowest BCUT2D eigenvalue weighted by molar-refractivity contribution is 0.0793. The fraction of sp³-hybridized carbons (Fsp3) is 0.412. The summed E-state index contributed by atoms with van der Waals surface area (Å²) in [6.45, 7) is 1.45. The van der Waals surface area contributed by atoms with Crippen LogP contribution in [-0.4, -0.2) is 50.3 Å². The van der Waals surface area contributed by atoms with E-state index in [0.717, 1.165) is 25.9 Å². The predicted octanol–water partition coefficient (Wildman–Crippen LogP) is 2.79. The molecule has 1 amide bonds. The number of ether oxygens (including phenoxy) is 1. The van der Waals surface area contributed by atoms with Crippen LogP contribution < -0.4 is 9.64 Å². The molecule has 128 valence electrons. The third-order valence-corrected chi connectivity index (χ3v) is 4.12. The van der Waals surface area contributed by atoms with E-state index >= 15 is 0 Å². The molecule has 0 aliphatic carbocycles. The smallest absolute Gasteiger partial charge is 0.261 e. The quantitative estimate of drug-likeness (QED) is 0.861.